The van der Waals surface area contributed by atoms with Crippen molar-refractivity contribution in [2.24, 2.45) is 11.8 Å². The first-order chi connectivity index (χ1) is 16.0. The van der Waals surface area contributed by atoms with Crippen LogP contribution in [0.3, 0.4) is 0 Å². The Bertz CT molecular complexity index is 917. The van der Waals surface area contributed by atoms with E-state index in [4.69, 9.17) is 9.47 Å². The standard InChI is InChI=1S/C27H33NO5/c1-3-33-25(29)18-24(28-26(30)22-13-15-23(16-14-22)27(31)32-2)17-19-9-11-21(12-10-19)20-7-5-4-6-8-20/h4-12,22-24H,3,13-18H2,1-2H3,(H,28,30). The molecule has 3 rings (SSSR count). The zero-order valence-corrected chi connectivity index (χ0v) is 19.4. The summed E-state index contributed by atoms with van der Waals surface area (Å²) in [6, 6.07) is 18.0. The number of amides is 1. The number of carbonyl (C=O) groups excluding carboxylic acids is 3. The number of ether oxygens (including phenoxy) is 2. The van der Waals surface area contributed by atoms with Crippen molar-refractivity contribution in [1.29, 1.82) is 0 Å². The molecule has 2 aromatic carbocycles. The van der Waals surface area contributed by atoms with Gasteiger partial charge in [0.15, 0.2) is 0 Å². The lowest BCUT2D eigenvalue weighted by atomic mass is 9.81. The van der Waals surface area contributed by atoms with Crippen molar-refractivity contribution in [2.45, 2.75) is 51.5 Å². The second kappa shape index (κ2) is 12.2. The molecule has 1 unspecified atom stereocenters. The minimum Gasteiger partial charge on any atom is -0.469 e. The molecule has 176 valence electrons. The Hall–Kier alpha value is -3.15. The van der Waals surface area contributed by atoms with E-state index in [2.05, 4.69) is 29.6 Å². The second-order valence-electron chi connectivity index (χ2n) is 8.55. The monoisotopic (exact) mass is 451 g/mol. The van der Waals surface area contributed by atoms with Gasteiger partial charge in [-0.15, -0.1) is 0 Å². The maximum atomic E-state index is 12.9. The number of methoxy groups -OCH3 is 1. The lowest BCUT2D eigenvalue weighted by molar-refractivity contribution is -0.148. The zero-order chi connectivity index (χ0) is 23.6. The lowest BCUT2D eigenvalue weighted by Gasteiger charge is -2.28. The van der Waals surface area contributed by atoms with Crippen LogP contribution in [0.2, 0.25) is 0 Å². The van der Waals surface area contributed by atoms with E-state index in [1.54, 1.807) is 6.92 Å². The fourth-order valence-corrected chi connectivity index (χ4v) is 4.42. The molecule has 1 aliphatic carbocycles. The first-order valence-corrected chi connectivity index (χ1v) is 11.7. The van der Waals surface area contributed by atoms with Crippen LogP contribution in [-0.2, 0) is 30.3 Å². The largest absolute Gasteiger partial charge is 0.469 e. The summed E-state index contributed by atoms with van der Waals surface area (Å²) in [7, 11) is 1.40. The summed E-state index contributed by atoms with van der Waals surface area (Å²) >= 11 is 0. The summed E-state index contributed by atoms with van der Waals surface area (Å²) in [5.74, 6) is -0.867. The van der Waals surface area contributed by atoms with Crippen LogP contribution in [0.1, 0.15) is 44.6 Å². The fraction of sp³-hybridized carbons (Fsp3) is 0.444. The van der Waals surface area contributed by atoms with Crippen LogP contribution in [0, 0.1) is 11.8 Å². The quantitative estimate of drug-likeness (QED) is 0.575. The molecule has 1 fully saturated rings. The number of carbonyl (C=O) groups is 3. The predicted octanol–water partition coefficient (Wildman–Crippen LogP) is 4.31. The van der Waals surface area contributed by atoms with Crippen LogP contribution in [-0.4, -0.2) is 37.6 Å². The molecular formula is C27H33NO5. The Morgan fingerprint density at radius 3 is 2.12 bits per heavy atom. The molecule has 0 saturated heterocycles. The van der Waals surface area contributed by atoms with E-state index in [9.17, 15) is 14.4 Å². The van der Waals surface area contributed by atoms with Crippen LogP contribution in [0.5, 0.6) is 0 Å². The van der Waals surface area contributed by atoms with Gasteiger partial charge in [0.1, 0.15) is 0 Å². The molecule has 0 radical (unpaired) electrons. The van der Waals surface area contributed by atoms with Gasteiger partial charge >= 0.3 is 11.9 Å². The van der Waals surface area contributed by atoms with Crippen molar-refractivity contribution in [1.82, 2.24) is 5.32 Å². The van der Waals surface area contributed by atoms with Crippen LogP contribution < -0.4 is 5.32 Å². The topological polar surface area (TPSA) is 81.7 Å². The molecule has 0 aromatic heterocycles. The highest BCUT2D eigenvalue weighted by atomic mass is 16.5. The van der Waals surface area contributed by atoms with E-state index < -0.39 is 0 Å². The highest BCUT2D eigenvalue weighted by Gasteiger charge is 2.31. The Balaban J connectivity index is 1.63. The van der Waals surface area contributed by atoms with E-state index in [0.29, 0.717) is 38.7 Å². The predicted molar refractivity (Wildman–Crippen MR) is 126 cm³/mol. The molecule has 6 nitrogen and oxygen atoms in total. The molecule has 33 heavy (non-hydrogen) atoms. The number of hydrogen-bond donors (Lipinski definition) is 1. The SMILES string of the molecule is CCOC(=O)CC(Cc1ccc(-c2ccccc2)cc1)NC(=O)C1CCC(C(=O)OC)CC1. The molecular weight excluding hydrogens is 418 g/mol. The van der Waals surface area contributed by atoms with Gasteiger partial charge in [0, 0.05) is 12.0 Å². The number of benzene rings is 2. The Kier molecular flexibility index (Phi) is 9.04. The minimum absolute atomic E-state index is 0.0616. The van der Waals surface area contributed by atoms with Gasteiger partial charge in [0.05, 0.1) is 26.1 Å². The average molecular weight is 452 g/mol. The Morgan fingerprint density at radius 2 is 1.52 bits per heavy atom. The Labute approximate surface area is 195 Å². The molecule has 1 saturated carbocycles. The Morgan fingerprint density at radius 1 is 0.909 bits per heavy atom. The summed E-state index contributed by atoms with van der Waals surface area (Å²) in [6.45, 7) is 2.08. The van der Waals surface area contributed by atoms with Crippen LogP contribution >= 0.6 is 0 Å². The van der Waals surface area contributed by atoms with Crippen LogP contribution in [0.4, 0.5) is 0 Å². The average Bonchev–Trinajstić information content (AvgIpc) is 2.84. The van der Waals surface area contributed by atoms with Gasteiger partial charge in [-0.2, -0.15) is 0 Å². The highest BCUT2D eigenvalue weighted by molar-refractivity contribution is 5.81. The molecule has 0 heterocycles. The number of hydrogen-bond acceptors (Lipinski definition) is 5. The number of rotatable bonds is 9. The molecule has 1 amide bonds. The summed E-state index contributed by atoms with van der Waals surface area (Å²) in [4.78, 5) is 36.9. The molecule has 1 N–H and O–H groups in total. The fourth-order valence-electron chi connectivity index (χ4n) is 4.42. The van der Waals surface area contributed by atoms with Gasteiger partial charge in [-0.3, -0.25) is 14.4 Å². The normalized spacial score (nSPS) is 18.7. The molecule has 2 aromatic rings. The minimum atomic E-state index is -0.350. The highest BCUT2D eigenvalue weighted by Crippen LogP contribution is 2.30. The number of esters is 2. The van der Waals surface area contributed by atoms with Crippen LogP contribution in [0.15, 0.2) is 54.6 Å². The van der Waals surface area contributed by atoms with Gasteiger partial charge in [-0.05, 0) is 55.7 Å². The van der Waals surface area contributed by atoms with Crippen LogP contribution in [0.25, 0.3) is 11.1 Å². The van der Waals surface area contributed by atoms with E-state index in [0.717, 1.165) is 16.7 Å². The van der Waals surface area contributed by atoms with E-state index in [1.165, 1.54) is 7.11 Å². The van der Waals surface area contributed by atoms with Gasteiger partial charge < -0.3 is 14.8 Å². The third-order valence-corrected chi connectivity index (χ3v) is 6.24. The van der Waals surface area contributed by atoms with E-state index >= 15 is 0 Å². The van der Waals surface area contributed by atoms with Gasteiger partial charge in [-0.1, -0.05) is 54.6 Å². The van der Waals surface area contributed by atoms with Crippen molar-refractivity contribution in [2.75, 3.05) is 13.7 Å². The maximum Gasteiger partial charge on any atom is 0.308 e. The van der Waals surface area contributed by atoms with E-state index in [-0.39, 0.29) is 42.1 Å². The molecule has 0 bridgehead atoms. The molecule has 1 aliphatic rings. The molecule has 1 atom stereocenters. The molecule has 0 aliphatic heterocycles. The molecule has 0 spiro atoms. The van der Waals surface area contributed by atoms with E-state index in [1.807, 2.05) is 30.3 Å². The third kappa shape index (κ3) is 7.17. The lowest BCUT2D eigenvalue weighted by Crippen LogP contribution is -2.43. The smallest absolute Gasteiger partial charge is 0.308 e. The van der Waals surface area contributed by atoms with Crippen molar-refractivity contribution >= 4 is 17.8 Å². The van der Waals surface area contributed by atoms with Crippen molar-refractivity contribution in [3.8, 4) is 11.1 Å². The second-order valence-corrected chi connectivity index (χ2v) is 8.55. The summed E-state index contributed by atoms with van der Waals surface area (Å²) < 4.78 is 9.95. The van der Waals surface area contributed by atoms with Gasteiger partial charge in [-0.25, -0.2) is 0 Å². The van der Waals surface area contributed by atoms with Gasteiger partial charge in [0.2, 0.25) is 5.91 Å². The first kappa shape index (κ1) is 24.5. The number of nitrogens with one attached hydrogen (secondary N) is 1. The van der Waals surface area contributed by atoms with Gasteiger partial charge in [0.25, 0.3) is 0 Å². The summed E-state index contributed by atoms with van der Waals surface area (Å²) in [5.41, 5.74) is 3.30. The molecule has 6 heteroatoms. The maximum absolute atomic E-state index is 12.9. The summed E-state index contributed by atoms with van der Waals surface area (Å²) in [5, 5.41) is 3.07. The van der Waals surface area contributed by atoms with Crippen molar-refractivity contribution < 1.29 is 23.9 Å². The zero-order valence-electron chi connectivity index (χ0n) is 19.4. The van der Waals surface area contributed by atoms with Crippen molar-refractivity contribution in [3.05, 3.63) is 60.2 Å². The summed E-state index contributed by atoms with van der Waals surface area (Å²) in [6.07, 6.45) is 3.24. The third-order valence-electron chi connectivity index (χ3n) is 6.24. The first-order valence-electron chi connectivity index (χ1n) is 11.7. The van der Waals surface area contributed by atoms with Crippen molar-refractivity contribution in [3.63, 3.8) is 0 Å².